The van der Waals surface area contributed by atoms with Crippen molar-refractivity contribution in [3.63, 3.8) is 0 Å². The third-order valence-corrected chi connectivity index (χ3v) is 4.06. The SMILES string of the molecule is CN=C(NCc1cc(Br)ccc1OC)NC(C)c1ccccc1. The third-order valence-electron chi connectivity index (χ3n) is 3.57. The number of nitrogens with one attached hydrogen (secondary N) is 2. The predicted molar refractivity (Wildman–Crippen MR) is 98.9 cm³/mol. The van der Waals surface area contributed by atoms with Crippen molar-refractivity contribution < 1.29 is 4.74 Å². The molecule has 0 aliphatic heterocycles. The van der Waals surface area contributed by atoms with Crippen molar-refractivity contribution in [3.8, 4) is 5.75 Å². The number of nitrogens with zero attached hydrogens (tertiary/aromatic N) is 1. The Balaban J connectivity index is 2.00. The van der Waals surface area contributed by atoms with Crippen LogP contribution in [0.3, 0.4) is 0 Å². The summed E-state index contributed by atoms with van der Waals surface area (Å²) < 4.78 is 6.42. The zero-order chi connectivity index (χ0) is 16.7. The van der Waals surface area contributed by atoms with Crippen LogP contribution in [0.5, 0.6) is 5.75 Å². The summed E-state index contributed by atoms with van der Waals surface area (Å²) in [7, 11) is 3.45. The fraction of sp³-hybridized carbons (Fsp3) is 0.278. The van der Waals surface area contributed by atoms with Gasteiger partial charge in [0.25, 0.3) is 0 Å². The molecule has 4 nitrogen and oxygen atoms in total. The van der Waals surface area contributed by atoms with Gasteiger partial charge in [0, 0.05) is 23.6 Å². The molecule has 0 spiro atoms. The third kappa shape index (κ3) is 4.99. The van der Waals surface area contributed by atoms with Gasteiger partial charge in [-0.3, -0.25) is 4.99 Å². The molecule has 2 aromatic rings. The highest BCUT2D eigenvalue weighted by Gasteiger charge is 2.09. The molecule has 5 heteroatoms. The summed E-state index contributed by atoms with van der Waals surface area (Å²) in [6.45, 7) is 2.74. The minimum Gasteiger partial charge on any atom is -0.496 e. The second-order valence-corrected chi connectivity index (χ2v) is 6.07. The number of halogens is 1. The van der Waals surface area contributed by atoms with Crippen LogP contribution in [0.15, 0.2) is 58.0 Å². The predicted octanol–water partition coefficient (Wildman–Crippen LogP) is 3.88. The standard InChI is InChI=1S/C18H22BrN3O/c1-13(14-7-5-4-6-8-14)22-18(20-2)21-12-15-11-16(19)9-10-17(15)23-3/h4-11,13H,12H2,1-3H3,(H2,20,21,22). The van der Waals surface area contributed by atoms with Crippen molar-refractivity contribution in [3.05, 3.63) is 64.1 Å². The van der Waals surface area contributed by atoms with E-state index in [1.54, 1.807) is 14.2 Å². The number of methoxy groups -OCH3 is 1. The zero-order valence-corrected chi connectivity index (χ0v) is 15.2. The molecule has 0 bridgehead atoms. The largest absolute Gasteiger partial charge is 0.496 e. The minimum atomic E-state index is 0.173. The quantitative estimate of drug-likeness (QED) is 0.615. The number of hydrogen-bond acceptors (Lipinski definition) is 2. The van der Waals surface area contributed by atoms with E-state index in [-0.39, 0.29) is 6.04 Å². The van der Waals surface area contributed by atoms with Crippen LogP contribution in [-0.4, -0.2) is 20.1 Å². The molecule has 23 heavy (non-hydrogen) atoms. The van der Waals surface area contributed by atoms with Gasteiger partial charge < -0.3 is 15.4 Å². The number of aliphatic imine (C=N–C) groups is 1. The van der Waals surface area contributed by atoms with Gasteiger partial charge >= 0.3 is 0 Å². The Morgan fingerprint density at radius 3 is 2.61 bits per heavy atom. The lowest BCUT2D eigenvalue weighted by Gasteiger charge is -2.19. The summed E-state index contributed by atoms with van der Waals surface area (Å²) in [5.41, 5.74) is 2.28. The molecule has 1 atom stereocenters. The van der Waals surface area contributed by atoms with Gasteiger partial charge in [-0.2, -0.15) is 0 Å². The molecular formula is C18H22BrN3O. The Kier molecular flexibility index (Phi) is 6.47. The highest BCUT2D eigenvalue weighted by molar-refractivity contribution is 9.10. The van der Waals surface area contributed by atoms with Gasteiger partial charge in [0.05, 0.1) is 13.2 Å². The van der Waals surface area contributed by atoms with E-state index in [0.717, 1.165) is 21.7 Å². The first-order valence-corrected chi connectivity index (χ1v) is 8.28. The van der Waals surface area contributed by atoms with Crippen LogP contribution < -0.4 is 15.4 Å². The van der Waals surface area contributed by atoms with Gasteiger partial charge in [-0.15, -0.1) is 0 Å². The van der Waals surface area contributed by atoms with Crippen LogP contribution in [0.4, 0.5) is 0 Å². The maximum atomic E-state index is 5.40. The van der Waals surface area contributed by atoms with E-state index in [9.17, 15) is 0 Å². The topological polar surface area (TPSA) is 45.7 Å². The normalized spacial score (nSPS) is 12.6. The Bertz CT molecular complexity index is 659. The molecule has 0 aliphatic rings. The van der Waals surface area contributed by atoms with Crippen molar-refractivity contribution >= 4 is 21.9 Å². The Morgan fingerprint density at radius 1 is 1.22 bits per heavy atom. The molecule has 2 N–H and O–H groups in total. The molecule has 0 saturated carbocycles. The van der Waals surface area contributed by atoms with E-state index in [1.807, 2.05) is 36.4 Å². The van der Waals surface area contributed by atoms with E-state index in [2.05, 4.69) is 50.6 Å². The molecule has 122 valence electrons. The monoisotopic (exact) mass is 375 g/mol. The van der Waals surface area contributed by atoms with E-state index < -0.39 is 0 Å². The number of hydrogen-bond donors (Lipinski definition) is 2. The highest BCUT2D eigenvalue weighted by atomic mass is 79.9. The first-order valence-electron chi connectivity index (χ1n) is 7.48. The van der Waals surface area contributed by atoms with Gasteiger partial charge in [0.15, 0.2) is 5.96 Å². The number of guanidine groups is 1. The lowest BCUT2D eigenvalue weighted by atomic mass is 10.1. The number of rotatable bonds is 5. The van der Waals surface area contributed by atoms with E-state index >= 15 is 0 Å². The Morgan fingerprint density at radius 2 is 1.96 bits per heavy atom. The summed E-state index contributed by atoms with van der Waals surface area (Å²) in [4.78, 5) is 4.29. The molecule has 2 rings (SSSR count). The molecule has 2 aromatic carbocycles. The van der Waals surface area contributed by atoms with Crippen LogP contribution in [0.1, 0.15) is 24.1 Å². The second kappa shape index (κ2) is 8.58. The summed E-state index contributed by atoms with van der Waals surface area (Å²) in [5, 5.41) is 6.72. The van der Waals surface area contributed by atoms with E-state index in [4.69, 9.17) is 4.74 Å². The fourth-order valence-electron chi connectivity index (χ4n) is 2.29. The molecule has 0 saturated heterocycles. The van der Waals surface area contributed by atoms with Gasteiger partial charge in [0.2, 0.25) is 0 Å². The van der Waals surface area contributed by atoms with Crippen molar-refractivity contribution in [2.45, 2.75) is 19.5 Å². The Hall–Kier alpha value is -2.01. The number of benzene rings is 2. The average molecular weight is 376 g/mol. The summed E-state index contributed by atoms with van der Waals surface area (Å²) in [6, 6.07) is 16.4. The maximum Gasteiger partial charge on any atom is 0.191 e. The molecule has 0 fully saturated rings. The lowest BCUT2D eigenvalue weighted by Crippen LogP contribution is -2.38. The molecule has 0 heterocycles. The Labute approximate surface area is 146 Å². The van der Waals surface area contributed by atoms with Gasteiger partial charge in [-0.1, -0.05) is 46.3 Å². The summed E-state index contributed by atoms with van der Waals surface area (Å²) in [5.74, 6) is 1.61. The minimum absolute atomic E-state index is 0.173. The van der Waals surface area contributed by atoms with Gasteiger partial charge in [-0.05, 0) is 30.7 Å². The first-order chi connectivity index (χ1) is 11.1. The number of ether oxygens (including phenoxy) is 1. The molecule has 0 aromatic heterocycles. The van der Waals surface area contributed by atoms with Crippen molar-refractivity contribution in [1.82, 2.24) is 10.6 Å². The van der Waals surface area contributed by atoms with Crippen molar-refractivity contribution in [2.24, 2.45) is 4.99 Å². The summed E-state index contributed by atoms with van der Waals surface area (Å²) in [6.07, 6.45) is 0. The van der Waals surface area contributed by atoms with Crippen molar-refractivity contribution in [2.75, 3.05) is 14.2 Å². The lowest BCUT2D eigenvalue weighted by molar-refractivity contribution is 0.409. The zero-order valence-electron chi connectivity index (χ0n) is 13.6. The second-order valence-electron chi connectivity index (χ2n) is 5.16. The van der Waals surface area contributed by atoms with Crippen molar-refractivity contribution in [1.29, 1.82) is 0 Å². The van der Waals surface area contributed by atoms with Gasteiger partial charge in [0.1, 0.15) is 5.75 Å². The van der Waals surface area contributed by atoms with E-state index in [0.29, 0.717) is 6.54 Å². The smallest absolute Gasteiger partial charge is 0.191 e. The van der Waals surface area contributed by atoms with Gasteiger partial charge in [-0.25, -0.2) is 0 Å². The first kappa shape index (κ1) is 17.3. The van der Waals surface area contributed by atoms with Crippen LogP contribution >= 0.6 is 15.9 Å². The fourth-order valence-corrected chi connectivity index (χ4v) is 2.70. The summed E-state index contributed by atoms with van der Waals surface area (Å²) >= 11 is 3.49. The maximum absolute atomic E-state index is 5.40. The molecule has 1 unspecified atom stereocenters. The van der Waals surface area contributed by atoms with Crippen LogP contribution in [0.2, 0.25) is 0 Å². The highest BCUT2D eigenvalue weighted by Crippen LogP contribution is 2.22. The van der Waals surface area contributed by atoms with E-state index in [1.165, 1.54) is 5.56 Å². The van der Waals surface area contributed by atoms with Crippen LogP contribution in [0.25, 0.3) is 0 Å². The van der Waals surface area contributed by atoms with Crippen LogP contribution in [0, 0.1) is 0 Å². The molecule has 0 amide bonds. The molecule has 0 aliphatic carbocycles. The average Bonchev–Trinajstić information content (AvgIpc) is 2.59. The molecule has 0 radical (unpaired) electrons. The molecular weight excluding hydrogens is 354 g/mol. The van der Waals surface area contributed by atoms with Crippen LogP contribution in [-0.2, 0) is 6.54 Å².